The van der Waals surface area contributed by atoms with Crippen molar-refractivity contribution in [3.63, 3.8) is 0 Å². The van der Waals surface area contributed by atoms with E-state index in [9.17, 15) is 0 Å². The Bertz CT molecular complexity index is 405. The Labute approximate surface area is 75.6 Å². The average molecular weight is 203 g/mol. The van der Waals surface area contributed by atoms with E-state index in [1.54, 1.807) is 0 Å². The molecule has 0 aliphatic heterocycles. The maximum absolute atomic E-state index is 7.89. The van der Waals surface area contributed by atoms with E-state index in [0.29, 0.717) is 10.2 Å². The van der Waals surface area contributed by atoms with Crippen LogP contribution >= 0.6 is 15.9 Å². The van der Waals surface area contributed by atoms with Crippen LogP contribution in [0.5, 0.6) is 0 Å². The zero-order chi connectivity index (χ0) is 11.5. The van der Waals surface area contributed by atoms with Crippen molar-refractivity contribution in [3.8, 4) is 0 Å². The fourth-order valence-electron chi connectivity index (χ4n) is 0.734. The number of aromatic nitrogens is 1. The van der Waals surface area contributed by atoms with Crippen molar-refractivity contribution in [2.24, 2.45) is 0 Å². The Balaban J connectivity index is 2.51. The minimum absolute atomic E-state index is 0.305. The molecule has 0 atom stereocenters. The second-order valence-corrected chi connectivity index (χ2v) is 2.80. The van der Waals surface area contributed by atoms with Crippen molar-refractivity contribution in [1.29, 1.82) is 0 Å². The van der Waals surface area contributed by atoms with Crippen LogP contribution in [0.3, 0.4) is 0 Å². The molecule has 10 heavy (non-hydrogen) atoms. The van der Waals surface area contributed by atoms with E-state index in [2.05, 4.69) is 20.9 Å². The Morgan fingerprint density at radius 2 is 2.60 bits per heavy atom. The zero-order valence-electron chi connectivity index (χ0n) is 10.1. The first-order chi connectivity index (χ1) is 6.75. The van der Waals surface area contributed by atoms with Gasteiger partial charge in [0.15, 0.2) is 0 Å². The third kappa shape index (κ3) is 1.21. The van der Waals surface area contributed by atoms with E-state index in [0.717, 1.165) is 0 Å². The van der Waals surface area contributed by atoms with Gasteiger partial charge >= 0.3 is 0 Å². The van der Waals surface area contributed by atoms with Crippen LogP contribution in [0.15, 0.2) is 22.9 Å². The predicted molar refractivity (Wildman–Crippen MR) is 43.9 cm³/mol. The molecule has 0 N–H and O–H groups in total. The summed E-state index contributed by atoms with van der Waals surface area (Å²) in [6.45, 7) is 0. The molecule has 1 fully saturated rings. The van der Waals surface area contributed by atoms with Gasteiger partial charge in [0.1, 0.15) is 4.60 Å². The van der Waals surface area contributed by atoms with Crippen LogP contribution < -0.4 is 0 Å². The van der Waals surface area contributed by atoms with Crippen LogP contribution in [0.25, 0.3) is 0 Å². The summed E-state index contributed by atoms with van der Waals surface area (Å²) in [6.07, 6.45) is -2.87. The van der Waals surface area contributed by atoms with Gasteiger partial charge in [0, 0.05) is 13.1 Å². The predicted octanol–water partition coefficient (Wildman–Crippen LogP) is 2.72. The molecule has 0 radical (unpaired) electrons. The molecule has 0 bridgehead atoms. The van der Waals surface area contributed by atoms with E-state index in [1.807, 2.05) is 0 Å². The smallest absolute Gasteiger partial charge is 0.106 e. The summed E-state index contributed by atoms with van der Waals surface area (Å²) in [5.74, 6) is -1.83. The number of hydrogen-bond acceptors (Lipinski definition) is 1. The van der Waals surface area contributed by atoms with Crippen molar-refractivity contribution < 1.29 is 6.85 Å². The van der Waals surface area contributed by atoms with Gasteiger partial charge in [-0.2, -0.15) is 0 Å². The lowest BCUT2D eigenvalue weighted by molar-refractivity contribution is 1.10. The van der Waals surface area contributed by atoms with Crippen molar-refractivity contribution in [3.05, 3.63) is 28.5 Å². The normalized spacial score (nSPS) is 37.9. The maximum atomic E-state index is 7.89. The second-order valence-electron chi connectivity index (χ2n) is 1.99. The number of rotatable bonds is 1. The molecule has 0 amide bonds. The molecule has 1 saturated carbocycles. The van der Waals surface area contributed by atoms with Gasteiger partial charge in [-0.1, -0.05) is 0 Å². The number of hydrogen-bond donors (Lipinski definition) is 0. The number of pyridine rings is 1. The molecule has 2 rings (SSSR count). The molecule has 0 aromatic carbocycles. The van der Waals surface area contributed by atoms with Crippen molar-refractivity contribution in [2.45, 2.75) is 18.6 Å². The van der Waals surface area contributed by atoms with Crippen LogP contribution in [0, 0.1) is 0 Å². The van der Waals surface area contributed by atoms with Gasteiger partial charge in [0.2, 0.25) is 0 Å². The molecule has 1 heterocycles. The summed E-state index contributed by atoms with van der Waals surface area (Å²) in [7, 11) is 0. The van der Waals surface area contributed by atoms with Gasteiger partial charge in [-0.3, -0.25) is 0 Å². The zero-order valence-corrected chi connectivity index (χ0v) is 6.64. The molecule has 52 valence electrons. The van der Waals surface area contributed by atoms with Crippen LogP contribution in [0.2, 0.25) is 0 Å². The maximum Gasteiger partial charge on any atom is 0.106 e. The van der Waals surface area contributed by atoms with Gasteiger partial charge in [0.25, 0.3) is 0 Å². The summed E-state index contributed by atoms with van der Waals surface area (Å²) in [5, 5.41) is 0. The van der Waals surface area contributed by atoms with E-state index in [1.165, 1.54) is 18.3 Å². The molecule has 1 aromatic rings. The molecule has 1 aliphatic rings. The molecular weight excluding hydrogens is 190 g/mol. The van der Waals surface area contributed by atoms with E-state index in [-0.39, 0.29) is 0 Å². The van der Waals surface area contributed by atoms with Crippen molar-refractivity contribution >= 4 is 15.9 Å². The average Bonchev–Trinajstić information content (AvgIpc) is 2.45. The minimum atomic E-state index is -2.15. The molecular formula is C8H8BrN. The summed E-state index contributed by atoms with van der Waals surface area (Å²) < 4.78 is 38.3. The fourth-order valence-corrected chi connectivity index (χ4v) is 1.10. The highest BCUT2D eigenvalue weighted by Gasteiger charge is 2.23. The third-order valence-corrected chi connectivity index (χ3v) is 1.70. The van der Waals surface area contributed by atoms with Crippen molar-refractivity contribution in [1.82, 2.24) is 4.98 Å². The van der Waals surface area contributed by atoms with E-state index in [4.69, 9.17) is 6.85 Å². The SMILES string of the molecule is [2H]C1([2H])C([2H])([2H])C1([2H])c1ccnc(Br)c1. The Kier molecular flexibility index (Phi) is 0.689. The Morgan fingerprint density at radius 3 is 3.20 bits per heavy atom. The molecule has 0 unspecified atom stereocenters. The molecule has 1 aliphatic carbocycles. The minimum Gasteiger partial charge on any atom is -0.249 e. The van der Waals surface area contributed by atoms with Crippen LogP contribution in [0.4, 0.5) is 0 Å². The lowest BCUT2D eigenvalue weighted by atomic mass is 10.2. The lowest BCUT2D eigenvalue weighted by Crippen LogP contribution is -1.80. The third-order valence-electron chi connectivity index (χ3n) is 1.27. The van der Waals surface area contributed by atoms with Crippen molar-refractivity contribution in [2.75, 3.05) is 0 Å². The summed E-state index contributed by atoms with van der Waals surface area (Å²) in [4.78, 5) is 3.87. The van der Waals surface area contributed by atoms with Gasteiger partial charge in [-0.15, -0.1) is 0 Å². The highest BCUT2D eigenvalue weighted by molar-refractivity contribution is 9.10. The standard InChI is InChI=1S/C8H8BrN/c9-8-5-7(3-4-10-8)6-1-2-6/h3-6H,1-2H2/i1D2,2D2,6D. The summed E-state index contributed by atoms with van der Waals surface area (Å²) in [6, 6.07) is 2.95. The van der Waals surface area contributed by atoms with E-state index < -0.39 is 18.6 Å². The number of halogens is 1. The van der Waals surface area contributed by atoms with Crippen LogP contribution in [0.1, 0.15) is 31.1 Å². The first kappa shape index (κ1) is 2.94. The van der Waals surface area contributed by atoms with Gasteiger partial charge < -0.3 is 0 Å². The van der Waals surface area contributed by atoms with Crippen LogP contribution in [-0.2, 0) is 0 Å². The quantitative estimate of drug-likeness (QED) is 0.639. The molecule has 2 heteroatoms. The molecule has 0 spiro atoms. The number of nitrogens with zero attached hydrogens (tertiary/aromatic N) is 1. The van der Waals surface area contributed by atoms with E-state index >= 15 is 0 Å². The molecule has 1 nitrogen and oxygen atoms in total. The summed E-state index contributed by atoms with van der Waals surface area (Å²) in [5.41, 5.74) is 0.305. The summed E-state index contributed by atoms with van der Waals surface area (Å²) >= 11 is 3.12. The molecule has 0 saturated heterocycles. The highest BCUT2D eigenvalue weighted by Crippen LogP contribution is 2.40. The second kappa shape index (κ2) is 2.35. The van der Waals surface area contributed by atoms with Gasteiger partial charge in [0.05, 0.1) is 0 Å². The Morgan fingerprint density at radius 1 is 1.80 bits per heavy atom. The first-order valence-electron chi connectivity index (χ1n) is 5.37. The molecule has 1 aromatic heterocycles. The first-order valence-corrected chi connectivity index (χ1v) is 3.66. The fraction of sp³-hybridized carbons (Fsp3) is 0.375. The van der Waals surface area contributed by atoms with Gasteiger partial charge in [-0.05, 0) is 52.3 Å². The topological polar surface area (TPSA) is 12.9 Å². The van der Waals surface area contributed by atoms with Crippen LogP contribution in [-0.4, -0.2) is 4.98 Å². The highest BCUT2D eigenvalue weighted by atomic mass is 79.9. The largest absolute Gasteiger partial charge is 0.249 e. The van der Waals surface area contributed by atoms with Gasteiger partial charge in [-0.25, -0.2) is 4.98 Å². The lowest BCUT2D eigenvalue weighted by Gasteiger charge is -1.95. The Hall–Kier alpha value is -0.370. The monoisotopic (exact) mass is 202 g/mol.